The van der Waals surface area contributed by atoms with Crippen LogP contribution in [0.25, 0.3) is 11.1 Å². The third-order valence-corrected chi connectivity index (χ3v) is 5.44. The zero-order chi connectivity index (χ0) is 18.6. The highest BCUT2D eigenvalue weighted by Crippen LogP contribution is 2.21. The average Bonchev–Trinajstić information content (AvgIpc) is 2.64. The monoisotopic (exact) mass is 385 g/mol. The van der Waals surface area contributed by atoms with Crippen LogP contribution in [0.2, 0.25) is 5.02 Å². The van der Waals surface area contributed by atoms with Crippen LogP contribution in [-0.2, 0) is 21.2 Å². The summed E-state index contributed by atoms with van der Waals surface area (Å²) in [6.45, 7) is 0. The fourth-order valence-corrected chi connectivity index (χ4v) is 3.60. The summed E-state index contributed by atoms with van der Waals surface area (Å²) < 4.78 is 26.9. The standard InChI is InChI=1S/C20H16ClNO3S/c21-18-10-6-15(7-11-18)14-20(23)22-26(24,25)19-12-8-17(9-13-19)16-4-2-1-3-5-16/h1-13H,14H2,(H,22,23). The number of amides is 1. The lowest BCUT2D eigenvalue weighted by Crippen LogP contribution is -2.31. The van der Waals surface area contributed by atoms with Crippen molar-refractivity contribution in [3.05, 3.63) is 89.4 Å². The van der Waals surface area contributed by atoms with E-state index in [1.165, 1.54) is 12.1 Å². The molecule has 0 saturated heterocycles. The van der Waals surface area contributed by atoms with E-state index in [9.17, 15) is 13.2 Å². The van der Waals surface area contributed by atoms with Gasteiger partial charge in [0.25, 0.3) is 10.0 Å². The molecule has 26 heavy (non-hydrogen) atoms. The molecule has 0 bridgehead atoms. The molecular weight excluding hydrogens is 370 g/mol. The first kappa shape index (κ1) is 18.2. The Morgan fingerprint density at radius 2 is 1.38 bits per heavy atom. The number of halogens is 1. The highest BCUT2D eigenvalue weighted by molar-refractivity contribution is 7.90. The molecule has 0 heterocycles. The second-order valence-electron chi connectivity index (χ2n) is 5.72. The first-order valence-electron chi connectivity index (χ1n) is 7.90. The lowest BCUT2D eigenvalue weighted by atomic mass is 10.1. The molecule has 4 nitrogen and oxygen atoms in total. The Morgan fingerprint density at radius 3 is 2.00 bits per heavy atom. The molecule has 1 amide bonds. The van der Waals surface area contributed by atoms with Gasteiger partial charge in [-0.05, 0) is 41.0 Å². The number of rotatable bonds is 5. The van der Waals surface area contributed by atoms with Gasteiger partial charge < -0.3 is 0 Å². The Hall–Kier alpha value is -2.63. The predicted molar refractivity (Wildman–Crippen MR) is 102 cm³/mol. The van der Waals surface area contributed by atoms with Crippen LogP contribution in [0.3, 0.4) is 0 Å². The minimum absolute atomic E-state index is 0.0432. The fraction of sp³-hybridized carbons (Fsp3) is 0.0500. The molecule has 0 aliphatic carbocycles. The Bertz CT molecular complexity index is 999. The van der Waals surface area contributed by atoms with Crippen molar-refractivity contribution in [3.8, 4) is 11.1 Å². The van der Waals surface area contributed by atoms with Crippen LogP contribution in [-0.4, -0.2) is 14.3 Å². The van der Waals surface area contributed by atoms with Crippen LogP contribution in [0.15, 0.2) is 83.8 Å². The van der Waals surface area contributed by atoms with Crippen molar-refractivity contribution in [3.63, 3.8) is 0 Å². The van der Waals surface area contributed by atoms with E-state index in [2.05, 4.69) is 4.72 Å². The van der Waals surface area contributed by atoms with E-state index in [0.717, 1.165) is 11.1 Å². The number of hydrogen-bond donors (Lipinski definition) is 1. The molecule has 6 heteroatoms. The SMILES string of the molecule is O=C(Cc1ccc(Cl)cc1)NS(=O)(=O)c1ccc(-c2ccccc2)cc1. The van der Waals surface area contributed by atoms with Crippen molar-refractivity contribution in [1.29, 1.82) is 0 Å². The fourth-order valence-electron chi connectivity index (χ4n) is 2.49. The lowest BCUT2D eigenvalue weighted by Gasteiger charge is -2.08. The maximum absolute atomic E-state index is 12.4. The molecular formula is C20H16ClNO3S. The maximum Gasteiger partial charge on any atom is 0.264 e. The number of sulfonamides is 1. The minimum Gasteiger partial charge on any atom is -0.274 e. The van der Waals surface area contributed by atoms with Gasteiger partial charge in [-0.15, -0.1) is 0 Å². The van der Waals surface area contributed by atoms with Gasteiger partial charge in [-0.1, -0.05) is 66.2 Å². The third kappa shape index (κ3) is 4.50. The molecule has 0 saturated carbocycles. The predicted octanol–water partition coefficient (Wildman–Crippen LogP) is 4.05. The van der Waals surface area contributed by atoms with Crippen LogP contribution in [0.5, 0.6) is 0 Å². The van der Waals surface area contributed by atoms with Gasteiger partial charge in [0.15, 0.2) is 0 Å². The molecule has 3 aromatic rings. The Balaban J connectivity index is 1.71. The van der Waals surface area contributed by atoms with Crippen molar-refractivity contribution < 1.29 is 13.2 Å². The molecule has 0 aliphatic rings. The van der Waals surface area contributed by atoms with Crippen molar-refractivity contribution in [2.75, 3.05) is 0 Å². The van der Waals surface area contributed by atoms with E-state index in [0.29, 0.717) is 10.6 Å². The molecule has 0 aliphatic heterocycles. The topological polar surface area (TPSA) is 63.2 Å². The van der Waals surface area contributed by atoms with Crippen LogP contribution in [0, 0.1) is 0 Å². The molecule has 0 aromatic heterocycles. The quantitative estimate of drug-likeness (QED) is 0.720. The zero-order valence-corrected chi connectivity index (χ0v) is 15.3. The molecule has 0 fully saturated rings. The Labute approximate surface area is 157 Å². The second kappa shape index (κ2) is 7.72. The van der Waals surface area contributed by atoms with E-state index < -0.39 is 15.9 Å². The molecule has 3 rings (SSSR count). The van der Waals surface area contributed by atoms with Gasteiger partial charge in [0.2, 0.25) is 5.91 Å². The van der Waals surface area contributed by atoms with Crippen molar-refractivity contribution in [2.45, 2.75) is 11.3 Å². The maximum atomic E-state index is 12.4. The van der Waals surface area contributed by atoms with Gasteiger partial charge in [-0.2, -0.15) is 0 Å². The summed E-state index contributed by atoms with van der Waals surface area (Å²) >= 11 is 5.80. The Kier molecular flexibility index (Phi) is 5.40. The summed E-state index contributed by atoms with van der Waals surface area (Å²) in [6, 6.07) is 22.7. The van der Waals surface area contributed by atoms with E-state index in [-0.39, 0.29) is 11.3 Å². The van der Waals surface area contributed by atoms with Gasteiger partial charge in [-0.3, -0.25) is 4.79 Å². The van der Waals surface area contributed by atoms with Gasteiger partial charge in [-0.25, -0.2) is 13.1 Å². The van der Waals surface area contributed by atoms with Crippen LogP contribution < -0.4 is 4.72 Å². The summed E-state index contributed by atoms with van der Waals surface area (Å²) in [6.07, 6.45) is -0.0432. The third-order valence-electron chi connectivity index (χ3n) is 3.80. The average molecular weight is 386 g/mol. The molecule has 0 unspecified atom stereocenters. The first-order chi connectivity index (χ1) is 12.4. The molecule has 0 radical (unpaired) electrons. The second-order valence-corrected chi connectivity index (χ2v) is 7.84. The first-order valence-corrected chi connectivity index (χ1v) is 9.76. The number of carbonyl (C=O) groups excluding carboxylic acids is 1. The number of carbonyl (C=O) groups is 1. The van der Waals surface area contributed by atoms with E-state index in [1.54, 1.807) is 36.4 Å². The summed E-state index contributed by atoms with van der Waals surface area (Å²) in [5, 5.41) is 0.556. The highest BCUT2D eigenvalue weighted by Gasteiger charge is 2.17. The normalized spacial score (nSPS) is 11.1. The summed E-state index contributed by atoms with van der Waals surface area (Å²) in [5.41, 5.74) is 2.57. The zero-order valence-electron chi connectivity index (χ0n) is 13.7. The van der Waals surface area contributed by atoms with Crippen molar-refractivity contribution in [1.82, 2.24) is 4.72 Å². The molecule has 0 spiro atoms. The largest absolute Gasteiger partial charge is 0.274 e. The molecule has 0 atom stereocenters. The summed E-state index contributed by atoms with van der Waals surface area (Å²) in [7, 11) is -3.91. The van der Waals surface area contributed by atoms with E-state index in [4.69, 9.17) is 11.6 Å². The Morgan fingerprint density at radius 1 is 0.808 bits per heavy atom. The van der Waals surface area contributed by atoms with Crippen LogP contribution in [0.4, 0.5) is 0 Å². The summed E-state index contributed by atoms with van der Waals surface area (Å²) in [5.74, 6) is -0.598. The van der Waals surface area contributed by atoms with Gasteiger partial charge in [0.1, 0.15) is 0 Å². The highest BCUT2D eigenvalue weighted by atomic mass is 35.5. The van der Waals surface area contributed by atoms with Crippen LogP contribution >= 0.6 is 11.6 Å². The van der Waals surface area contributed by atoms with Crippen molar-refractivity contribution in [2.24, 2.45) is 0 Å². The number of hydrogen-bond acceptors (Lipinski definition) is 3. The lowest BCUT2D eigenvalue weighted by molar-refractivity contribution is -0.118. The van der Waals surface area contributed by atoms with Crippen molar-refractivity contribution >= 4 is 27.5 Å². The van der Waals surface area contributed by atoms with Gasteiger partial charge in [0.05, 0.1) is 11.3 Å². The van der Waals surface area contributed by atoms with E-state index >= 15 is 0 Å². The summed E-state index contributed by atoms with van der Waals surface area (Å²) in [4.78, 5) is 12.1. The van der Waals surface area contributed by atoms with Gasteiger partial charge >= 0.3 is 0 Å². The van der Waals surface area contributed by atoms with Gasteiger partial charge in [0, 0.05) is 5.02 Å². The smallest absolute Gasteiger partial charge is 0.264 e. The molecule has 132 valence electrons. The molecule has 3 aromatic carbocycles. The number of nitrogens with one attached hydrogen (secondary N) is 1. The van der Waals surface area contributed by atoms with Crippen LogP contribution in [0.1, 0.15) is 5.56 Å². The number of benzene rings is 3. The minimum atomic E-state index is -3.91. The molecule has 1 N–H and O–H groups in total. The van der Waals surface area contributed by atoms with E-state index in [1.807, 2.05) is 30.3 Å².